The monoisotopic (exact) mass is 674 g/mol. The van der Waals surface area contributed by atoms with Gasteiger partial charge in [-0.15, -0.1) is 0 Å². The Hall–Kier alpha value is -2.57. The molecule has 1 fully saturated rings. The molecular weight excluding hydrogens is 599 g/mol. The quantitative estimate of drug-likeness (QED) is 0.201. The van der Waals surface area contributed by atoms with Crippen molar-refractivity contribution in [2.24, 2.45) is 0 Å². The Morgan fingerprint density at radius 3 is 0.980 bits per heavy atom. The highest BCUT2D eigenvalue weighted by Gasteiger charge is 2.25. The maximum atomic E-state index is 4.00. The fraction of sp³-hybridized carbons (Fsp3) is 0.614. The smallest absolute Gasteiger partial charge is 0.0297 e. The van der Waals surface area contributed by atoms with Gasteiger partial charge < -0.3 is 21.3 Å². The molecule has 0 spiro atoms. The van der Waals surface area contributed by atoms with Crippen molar-refractivity contribution in [2.45, 2.75) is 177 Å². The van der Waals surface area contributed by atoms with E-state index in [1.165, 1.54) is 40.7 Å². The van der Waals surface area contributed by atoms with Gasteiger partial charge in [-0.2, -0.15) is 0 Å². The van der Waals surface area contributed by atoms with Gasteiger partial charge in [0.25, 0.3) is 0 Å². The van der Waals surface area contributed by atoms with Crippen LogP contribution in [0.5, 0.6) is 0 Å². The molecule has 0 amide bonds. The number of benzene rings is 2. The molecule has 0 saturated heterocycles. The fourth-order valence-electron chi connectivity index (χ4n) is 5.40. The molecule has 3 unspecified atom stereocenters. The number of aromatic nitrogens is 1. The van der Waals surface area contributed by atoms with Crippen LogP contribution in [0.3, 0.4) is 0 Å². The molecule has 0 radical (unpaired) electrons. The highest BCUT2D eigenvalue weighted by molar-refractivity contribution is 5.25. The summed E-state index contributed by atoms with van der Waals surface area (Å²) in [5, 5.41) is 14.1. The van der Waals surface area contributed by atoms with Gasteiger partial charge in [-0.05, 0) is 159 Å². The number of aryl methyl sites for hydroxylation is 2. The fourth-order valence-corrected chi connectivity index (χ4v) is 5.40. The molecule has 1 saturated carbocycles. The second-order valence-electron chi connectivity index (χ2n) is 18.1. The summed E-state index contributed by atoms with van der Waals surface area (Å²) in [6, 6.07) is 23.6. The second kappa shape index (κ2) is 19.7. The molecule has 49 heavy (non-hydrogen) atoms. The van der Waals surface area contributed by atoms with Crippen molar-refractivity contribution in [3.8, 4) is 0 Å². The molecule has 1 aliphatic rings. The Kier molecular flexibility index (Phi) is 17.9. The van der Waals surface area contributed by atoms with Crippen LogP contribution in [-0.4, -0.2) is 33.2 Å². The molecule has 5 heteroatoms. The Morgan fingerprint density at radius 2 is 0.755 bits per heavy atom. The first-order chi connectivity index (χ1) is 22.3. The van der Waals surface area contributed by atoms with Gasteiger partial charge in [0.2, 0.25) is 0 Å². The van der Waals surface area contributed by atoms with Gasteiger partial charge >= 0.3 is 0 Å². The third kappa shape index (κ3) is 23.5. The van der Waals surface area contributed by atoms with E-state index in [1.54, 1.807) is 0 Å². The average Bonchev–Trinajstić information content (AvgIpc) is 3.75. The maximum absolute atomic E-state index is 4.00. The van der Waals surface area contributed by atoms with Crippen LogP contribution in [-0.2, 0) is 0 Å². The van der Waals surface area contributed by atoms with E-state index in [4.69, 9.17) is 0 Å². The van der Waals surface area contributed by atoms with Crippen LogP contribution in [0, 0.1) is 13.8 Å². The summed E-state index contributed by atoms with van der Waals surface area (Å²) in [5.41, 5.74) is 7.45. The number of rotatable bonds is 7. The summed E-state index contributed by atoms with van der Waals surface area (Å²) in [6.45, 7) is 37.1. The van der Waals surface area contributed by atoms with E-state index in [9.17, 15) is 0 Å². The molecule has 3 atom stereocenters. The van der Waals surface area contributed by atoms with Crippen molar-refractivity contribution in [3.63, 3.8) is 0 Å². The van der Waals surface area contributed by atoms with E-state index in [0.29, 0.717) is 23.7 Å². The number of pyridine rings is 1. The summed E-state index contributed by atoms with van der Waals surface area (Å²) in [5.74, 6) is 0. The van der Waals surface area contributed by atoms with Crippen molar-refractivity contribution in [1.29, 1.82) is 0 Å². The Bertz CT molecular complexity index is 1220. The number of nitrogens with one attached hydrogen (secondary N) is 4. The van der Waals surface area contributed by atoms with Crippen molar-refractivity contribution < 1.29 is 0 Å². The minimum Gasteiger partial charge on any atom is -0.309 e. The predicted octanol–water partition coefficient (Wildman–Crippen LogP) is 11.0. The zero-order chi connectivity index (χ0) is 37.6. The third-order valence-electron chi connectivity index (χ3n) is 7.52. The Morgan fingerprint density at radius 1 is 0.469 bits per heavy atom. The lowest BCUT2D eigenvalue weighted by Gasteiger charge is -2.26. The second-order valence-corrected chi connectivity index (χ2v) is 18.1. The zero-order valence-electron chi connectivity index (χ0n) is 34.6. The van der Waals surface area contributed by atoms with Crippen molar-refractivity contribution in [3.05, 3.63) is 101 Å². The molecule has 276 valence electrons. The van der Waals surface area contributed by atoms with Gasteiger partial charge in [0.05, 0.1) is 0 Å². The van der Waals surface area contributed by atoms with Crippen LogP contribution in [0.2, 0.25) is 0 Å². The van der Waals surface area contributed by atoms with Gasteiger partial charge in [0.1, 0.15) is 0 Å². The normalized spacial score (nSPS) is 15.3. The third-order valence-corrected chi connectivity index (χ3v) is 7.52. The molecule has 0 aliphatic heterocycles. The Balaban J connectivity index is 0.000000332. The summed E-state index contributed by atoms with van der Waals surface area (Å²) >= 11 is 0. The summed E-state index contributed by atoms with van der Waals surface area (Å²) in [4.78, 5) is 4.00. The molecule has 4 rings (SSSR count). The van der Waals surface area contributed by atoms with E-state index in [1.807, 2.05) is 24.5 Å². The standard InChI is InChI=1S/2C13H21N.C11H18N2.C7H15N/c2*1-10-6-8-12(9-7-10)11(2)14-13(3,4)5;1-9(13-11(2,3)4)10-5-7-12-8-6-10;1-7(2,3)8-6-4-5-6/h2*6-9,11,14H,1-5H3;5-9,13H,1-4H3;6,8H,4-5H2,1-3H3. The van der Waals surface area contributed by atoms with Crippen molar-refractivity contribution >= 4 is 0 Å². The van der Waals surface area contributed by atoms with Gasteiger partial charge in [0.15, 0.2) is 0 Å². The molecule has 4 N–H and O–H groups in total. The molecule has 5 nitrogen and oxygen atoms in total. The molecule has 2 aromatic carbocycles. The van der Waals surface area contributed by atoms with Crippen LogP contribution >= 0.6 is 0 Å². The molecule has 3 aromatic rings. The predicted molar refractivity (Wildman–Crippen MR) is 216 cm³/mol. The molecule has 0 bridgehead atoms. The lowest BCUT2D eigenvalue weighted by molar-refractivity contribution is 0.377. The van der Waals surface area contributed by atoms with Crippen LogP contribution in [0.15, 0.2) is 73.1 Å². The van der Waals surface area contributed by atoms with Crippen LogP contribution in [0.4, 0.5) is 0 Å². The molecular formula is C44H75N5. The lowest BCUT2D eigenvalue weighted by Crippen LogP contribution is -2.37. The SMILES string of the molecule is CC(C)(C)NC1CC1.CC(NC(C)(C)C)c1ccncc1.Cc1ccc(C(C)NC(C)(C)C)cc1.Cc1ccc(C(C)NC(C)(C)C)cc1. The molecule has 1 aliphatic carbocycles. The van der Waals surface area contributed by atoms with Gasteiger partial charge in [-0.25, -0.2) is 0 Å². The van der Waals surface area contributed by atoms with Crippen molar-refractivity contribution in [1.82, 2.24) is 26.3 Å². The topological polar surface area (TPSA) is 61.0 Å². The Labute approximate surface area is 303 Å². The highest BCUT2D eigenvalue weighted by atomic mass is 15.0. The van der Waals surface area contributed by atoms with E-state index >= 15 is 0 Å². The van der Waals surface area contributed by atoms with E-state index < -0.39 is 0 Å². The zero-order valence-corrected chi connectivity index (χ0v) is 34.6. The number of hydrogen-bond donors (Lipinski definition) is 4. The first kappa shape index (κ1) is 44.5. The first-order valence-corrected chi connectivity index (χ1v) is 18.5. The minimum absolute atomic E-state index is 0.155. The lowest BCUT2D eigenvalue weighted by atomic mass is 10.0. The minimum atomic E-state index is 0.155. The van der Waals surface area contributed by atoms with Crippen LogP contribution in [0.25, 0.3) is 0 Å². The van der Waals surface area contributed by atoms with Crippen LogP contribution < -0.4 is 21.3 Å². The average molecular weight is 674 g/mol. The van der Waals surface area contributed by atoms with Gasteiger partial charge in [-0.1, -0.05) is 59.7 Å². The maximum Gasteiger partial charge on any atom is 0.0297 e. The van der Waals surface area contributed by atoms with Crippen LogP contribution in [0.1, 0.15) is 163 Å². The number of nitrogens with zero attached hydrogens (tertiary/aromatic N) is 1. The summed E-state index contributed by atoms with van der Waals surface area (Å²) in [7, 11) is 0. The summed E-state index contributed by atoms with van der Waals surface area (Å²) < 4.78 is 0. The van der Waals surface area contributed by atoms with E-state index in [0.717, 1.165) is 6.04 Å². The largest absolute Gasteiger partial charge is 0.309 e. The van der Waals surface area contributed by atoms with Gasteiger partial charge in [0, 0.05) is 58.7 Å². The van der Waals surface area contributed by atoms with E-state index in [2.05, 4.69) is 192 Å². The molecule has 1 aromatic heterocycles. The summed E-state index contributed by atoms with van der Waals surface area (Å²) in [6.07, 6.45) is 6.43. The highest BCUT2D eigenvalue weighted by Crippen LogP contribution is 2.22. The van der Waals surface area contributed by atoms with E-state index in [-0.39, 0.29) is 16.6 Å². The first-order valence-electron chi connectivity index (χ1n) is 18.5. The molecule has 1 heterocycles. The van der Waals surface area contributed by atoms with Gasteiger partial charge in [-0.3, -0.25) is 4.98 Å². The number of hydrogen-bond acceptors (Lipinski definition) is 5. The van der Waals surface area contributed by atoms with Crippen molar-refractivity contribution in [2.75, 3.05) is 0 Å².